The Morgan fingerprint density at radius 2 is 1.92 bits per heavy atom. The third-order valence-corrected chi connectivity index (χ3v) is 3.95. The van der Waals surface area contributed by atoms with Crippen LogP contribution in [0.1, 0.15) is 31.9 Å². The largest absolute Gasteiger partial charge is 0.506 e. The van der Waals surface area contributed by atoms with Crippen LogP contribution in [-0.4, -0.2) is 47.4 Å². The lowest BCUT2D eigenvalue weighted by atomic mass is 10.1. The number of anilines is 1. The van der Waals surface area contributed by atoms with Crippen molar-refractivity contribution in [1.29, 1.82) is 0 Å². The lowest BCUT2D eigenvalue weighted by Crippen LogP contribution is -2.41. The van der Waals surface area contributed by atoms with Crippen molar-refractivity contribution in [1.82, 2.24) is 4.90 Å². The maximum atomic E-state index is 12.2. The molecular formula is C17H22N2O5. The molecule has 3 rings (SSSR count). The highest BCUT2D eigenvalue weighted by atomic mass is 16.6. The van der Waals surface area contributed by atoms with Crippen LogP contribution in [-0.2, 0) is 27.4 Å². The maximum absolute atomic E-state index is 12.2. The number of hydrogen-bond acceptors (Lipinski definition) is 5. The predicted octanol–water partition coefficient (Wildman–Crippen LogP) is 2.01. The Balaban J connectivity index is 1.80. The van der Waals surface area contributed by atoms with Crippen molar-refractivity contribution in [2.75, 3.05) is 24.7 Å². The van der Waals surface area contributed by atoms with E-state index in [4.69, 9.17) is 9.47 Å². The van der Waals surface area contributed by atoms with Gasteiger partial charge in [0.05, 0.1) is 12.3 Å². The summed E-state index contributed by atoms with van der Waals surface area (Å²) in [6.45, 7) is 7.10. The van der Waals surface area contributed by atoms with Crippen molar-refractivity contribution in [2.45, 2.75) is 39.5 Å². The van der Waals surface area contributed by atoms with Gasteiger partial charge in [0.25, 0.3) is 5.91 Å². The van der Waals surface area contributed by atoms with Crippen molar-refractivity contribution in [3.8, 4) is 5.75 Å². The molecule has 2 aliphatic heterocycles. The molecule has 1 aromatic carbocycles. The van der Waals surface area contributed by atoms with Crippen LogP contribution in [0.25, 0.3) is 0 Å². The van der Waals surface area contributed by atoms with Gasteiger partial charge in [-0.3, -0.25) is 9.69 Å². The molecule has 7 nitrogen and oxygen atoms in total. The van der Waals surface area contributed by atoms with E-state index in [0.29, 0.717) is 31.9 Å². The van der Waals surface area contributed by atoms with Gasteiger partial charge in [-0.15, -0.1) is 0 Å². The summed E-state index contributed by atoms with van der Waals surface area (Å²) in [5, 5.41) is 10.3. The van der Waals surface area contributed by atoms with E-state index in [0.717, 1.165) is 11.1 Å². The molecule has 130 valence electrons. The Morgan fingerprint density at radius 3 is 2.54 bits per heavy atom. The van der Waals surface area contributed by atoms with Gasteiger partial charge in [-0.1, -0.05) is 0 Å². The monoisotopic (exact) mass is 334 g/mol. The van der Waals surface area contributed by atoms with Crippen LogP contribution >= 0.6 is 0 Å². The average Bonchev–Trinajstić information content (AvgIpc) is 2.88. The van der Waals surface area contributed by atoms with Gasteiger partial charge in [0.1, 0.15) is 18.0 Å². The second kappa shape index (κ2) is 5.98. The number of aromatic hydroxyl groups is 1. The zero-order chi connectivity index (χ0) is 17.5. The first kappa shape index (κ1) is 16.6. The molecule has 1 N–H and O–H groups in total. The molecule has 2 amide bonds. The summed E-state index contributed by atoms with van der Waals surface area (Å²) in [5.41, 5.74) is 1.68. The summed E-state index contributed by atoms with van der Waals surface area (Å²) >= 11 is 0. The smallest absolute Gasteiger partial charge is 0.410 e. The van der Waals surface area contributed by atoms with Crippen LogP contribution < -0.4 is 4.90 Å². The number of carbonyl (C=O) groups excluding carboxylic acids is 2. The molecule has 0 radical (unpaired) electrons. The number of nitrogens with zero attached hydrogens (tertiary/aromatic N) is 2. The molecule has 0 aliphatic carbocycles. The highest BCUT2D eigenvalue weighted by molar-refractivity contribution is 5.96. The molecule has 0 spiro atoms. The highest BCUT2D eigenvalue weighted by Crippen LogP contribution is 2.36. The number of ether oxygens (including phenoxy) is 2. The average molecular weight is 334 g/mol. The second-order valence-electron chi connectivity index (χ2n) is 7.04. The van der Waals surface area contributed by atoms with Gasteiger partial charge >= 0.3 is 6.09 Å². The molecule has 0 bridgehead atoms. The maximum Gasteiger partial charge on any atom is 0.410 e. The number of carbonyl (C=O) groups is 2. The summed E-state index contributed by atoms with van der Waals surface area (Å²) in [6.07, 6.45) is -0.387. The number of morpholine rings is 1. The minimum atomic E-state index is -0.556. The standard InChI is InChI=1S/C17H22N2O5/c1-17(2,3)24-16(22)18-8-11-6-13(14(20)7-12(11)9-18)19-4-5-23-10-15(19)21/h6-7,20H,4-5,8-10H2,1-3H3. The molecule has 2 aliphatic rings. The van der Waals surface area contributed by atoms with Gasteiger partial charge in [0.15, 0.2) is 0 Å². The molecule has 1 aromatic rings. The fourth-order valence-corrected chi connectivity index (χ4v) is 2.87. The zero-order valence-electron chi connectivity index (χ0n) is 14.2. The molecule has 0 atom stereocenters. The van der Waals surface area contributed by atoms with Crippen molar-refractivity contribution >= 4 is 17.7 Å². The van der Waals surface area contributed by atoms with Gasteiger partial charge in [0, 0.05) is 19.6 Å². The SMILES string of the molecule is CC(C)(C)OC(=O)N1Cc2cc(O)c(N3CCOCC3=O)cc2C1. The van der Waals surface area contributed by atoms with Crippen LogP contribution in [0.3, 0.4) is 0 Å². The van der Waals surface area contributed by atoms with Crippen molar-refractivity contribution < 1.29 is 24.2 Å². The molecule has 7 heteroatoms. The van der Waals surface area contributed by atoms with Gasteiger partial charge in [-0.25, -0.2) is 4.79 Å². The molecular weight excluding hydrogens is 312 g/mol. The molecule has 24 heavy (non-hydrogen) atoms. The third-order valence-electron chi connectivity index (χ3n) is 3.95. The molecule has 0 unspecified atom stereocenters. The Bertz CT molecular complexity index is 680. The van der Waals surface area contributed by atoms with Crippen molar-refractivity contribution in [3.63, 3.8) is 0 Å². The van der Waals surface area contributed by atoms with E-state index in [1.54, 1.807) is 17.0 Å². The van der Waals surface area contributed by atoms with E-state index in [2.05, 4.69) is 0 Å². The summed E-state index contributed by atoms with van der Waals surface area (Å²) in [5.74, 6) is -0.145. The van der Waals surface area contributed by atoms with Crippen LogP contribution in [0, 0.1) is 0 Å². The summed E-state index contributed by atoms with van der Waals surface area (Å²) in [7, 11) is 0. The molecule has 2 heterocycles. The van der Waals surface area contributed by atoms with Crippen LogP contribution in [0.2, 0.25) is 0 Å². The lowest BCUT2D eigenvalue weighted by Gasteiger charge is -2.27. The molecule has 0 aromatic heterocycles. The minimum Gasteiger partial charge on any atom is -0.506 e. The van der Waals surface area contributed by atoms with Gasteiger partial charge in [0.2, 0.25) is 0 Å². The van der Waals surface area contributed by atoms with Crippen LogP contribution in [0.5, 0.6) is 5.75 Å². The van der Waals surface area contributed by atoms with Gasteiger partial charge < -0.3 is 19.5 Å². The zero-order valence-corrected chi connectivity index (χ0v) is 14.2. The highest BCUT2D eigenvalue weighted by Gasteiger charge is 2.30. The fourth-order valence-electron chi connectivity index (χ4n) is 2.87. The number of hydrogen-bond donors (Lipinski definition) is 1. The van der Waals surface area contributed by atoms with Crippen LogP contribution in [0.15, 0.2) is 12.1 Å². The van der Waals surface area contributed by atoms with Crippen molar-refractivity contribution in [2.24, 2.45) is 0 Å². The summed E-state index contributed by atoms with van der Waals surface area (Å²) in [6, 6.07) is 3.40. The van der Waals surface area contributed by atoms with Gasteiger partial charge in [-0.05, 0) is 44.0 Å². The molecule has 0 saturated carbocycles. The fraction of sp³-hybridized carbons (Fsp3) is 0.529. The Morgan fingerprint density at radius 1 is 1.25 bits per heavy atom. The predicted molar refractivity (Wildman–Crippen MR) is 86.8 cm³/mol. The van der Waals surface area contributed by atoms with E-state index in [-0.39, 0.29) is 24.4 Å². The van der Waals surface area contributed by atoms with E-state index in [1.165, 1.54) is 4.90 Å². The Kier molecular flexibility index (Phi) is 4.13. The number of phenolic OH excluding ortho intramolecular Hbond substituents is 1. The first-order valence-corrected chi connectivity index (χ1v) is 7.95. The van der Waals surface area contributed by atoms with Crippen LogP contribution in [0.4, 0.5) is 10.5 Å². The summed E-state index contributed by atoms with van der Waals surface area (Å²) in [4.78, 5) is 27.3. The van der Waals surface area contributed by atoms with E-state index >= 15 is 0 Å². The number of fused-ring (bicyclic) bond motifs is 1. The van der Waals surface area contributed by atoms with E-state index < -0.39 is 5.60 Å². The Hall–Kier alpha value is -2.28. The minimum absolute atomic E-state index is 0.0144. The first-order valence-electron chi connectivity index (χ1n) is 7.95. The topological polar surface area (TPSA) is 79.3 Å². The quantitative estimate of drug-likeness (QED) is 0.850. The number of benzene rings is 1. The number of rotatable bonds is 1. The normalized spacial score (nSPS) is 17.9. The first-order chi connectivity index (χ1) is 11.2. The van der Waals surface area contributed by atoms with Crippen molar-refractivity contribution in [3.05, 3.63) is 23.3 Å². The van der Waals surface area contributed by atoms with E-state index in [1.807, 2.05) is 20.8 Å². The third kappa shape index (κ3) is 3.31. The second-order valence-corrected chi connectivity index (χ2v) is 7.04. The molecule has 1 saturated heterocycles. The Labute approximate surface area is 140 Å². The number of amides is 2. The summed E-state index contributed by atoms with van der Waals surface area (Å²) < 4.78 is 10.5. The lowest BCUT2D eigenvalue weighted by molar-refractivity contribution is -0.125. The van der Waals surface area contributed by atoms with E-state index in [9.17, 15) is 14.7 Å². The molecule has 1 fully saturated rings. The number of phenols is 1. The van der Waals surface area contributed by atoms with Gasteiger partial charge in [-0.2, -0.15) is 0 Å².